The number of pyridine rings is 1. The highest BCUT2D eigenvalue weighted by Crippen LogP contribution is 2.23. The van der Waals surface area contributed by atoms with Crippen LogP contribution in [0.15, 0.2) is 84.5 Å². The number of hydrogen-bond acceptors (Lipinski definition) is 5. The minimum Gasteiger partial charge on any atom is -0.322 e. The number of carbonyl (C=O) groups is 2. The standard InChI is InChI=1S/C24H20N4O3S2/c1-33(31)28-21-4-2-3-20(14-21)27-24(30)22-13-18(15-32-22)23(29)26-19-7-5-16(6-8-19)17-9-11-25-12-10-17/h2-15,28H,1H3,(H,26,29)(H,27,30). The first-order valence-electron chi connectivity index (χ1n) is 9.90. The van der Waals surface area contributed by atoms with E-state index in [0.29, 0.717) is 27.5 Å². The van der Waals surface area contributed by atoms with Crippen LogP contribution in [0, 0.1) is 0 Å². The molecule has 166 valence electrons. The fraction of sp³-hybridized carbons (Fsp3) is 0.0417. The molecule has 9 heteroatoms. The zero-order valence-electron chi connectivity index (χ0n) is 17.6. The molecule has 0 fully saturated rings. The van der Waals surface area contributed by atoms with E-state index in [-0.39, 0.29) is 11.8 Å². The molecule has 0 aliphatic carbocycles. The smallest absolute Gasteiger partial charge is 0.265 e. The van der Waals surface area contributed by atoms with Crippen molar-refractivity contribution in [1.29, 1.82) is 0 Å². The average molecular weight is 477 g/mol. The van der Waals surface area contributed by atoms with Crippen LogP contribution < -0.4 is 15.4 Å². The summed E-state index contributed by atoms with van der Waals surface area (Å²) in [6.07, 6.45) is 4.99. The highest BCUT2D eigenvalue weighted by atomic mass is 32.2. The number of thiophene rings is 1. The summed E-state index contributed by atoms with van der Waals surface area (Å²) in [4.78, 5) is 29.6. The summed E-state index contributed by atoms with van der Waals surface area (Å²) in [6.45, 7) is 0. The lowest BCUT2D eigenvalue weighted by atomic mass is 10.1. The Labute approximate surface area is 197 Å². The highest BCUT2D eigenvalue weighted by Gasteiger charge is 2.14. The predicted molar refractivity (Wildman–Crippen MR) is 134 cm³/mol. The van der Waals surface area contributed by atoms with Gasteiger partial charge in [0.25, 0.3) is 11.8 Å². The molecule has 2 aromatic carbocycles. The third kappa shape index (κ3) is 5.91. The number of carbonyl (C=O) groups excluding carboxylic acids is 2. The van der Waals surface area contributed by atoms with Crippen molar-refractivity contribution in [2.45, 2.75) is 0 Å². The number of rotatable bonds is 7. The Hall–Kier alpha value is -3.82. The van der Waals surface area contributed by atoms with Crippen molar-refractivity contribution >= 4 is 51.2 Å². The SMILES string of the molecule is CS(=O)Nc1cccc(NC(=O)c2cc(C(=O)Nc3ccc(-c4ccncc4)cc3)cs2)c1. The van der Waals surface area contributed by atoms with Crippen molar-refractivity contribution in [3.8, 4) is 11.1 Å². The average Bonchev–Trinajstić information content (AvgIpc) is 3.31. The Bertz CT molecular complexity index is 1300. The molecule has 0 bridgehead atoms. The number of hydrogen-bond donors (Lipinski definition) is 3. The van der Waals surface area contributed by atoms with Gasteiger partial charge < -0.3 is 15.4 Å². The van der Waals surface area contributed by atoms with E-state index in [4.69, 9.17) is 0 Å². The largest absolute Gasteiger partial charge is 0.322 e. The second-order valence-electron chi connectivity index (χ2n) is 7.06. The first-order valence-corrected chi connectivity index (χ1v) is 12.3. The van der Waals surface area contributed by atoms with Gasteiger partial charge in [-0.1, -0.05) is 18.2 Å². The molecular formula is C24H20N4O3S2. The number of benzene rings is 2. The van der Waals surface area contributed by atoms with Crippen LogP contribution in [-0.2, 0) is 11.0 Å². The molecule has 0 saturated heterocycles. The van der Waals surface area contributed by atoms with E-state index in [1.54, 1.807) is 48.1 Å². The quantitative estimate of drug-likeness (QED) is 0.349. The molecule has 1 unspecified atom stereocenters. The second-order valence-corrected chi connectivity index (χ2v) is 9.08. The van der Waals surface area contributed by atoms with E-state index < -0.39 is 11.0 Å². The maximum Gasteiger partial charge on any atom is 0.265 e. The third-order valence-corrected chi connectivity index (χ3v) is 6.08. The van der Waals surface area contributed by atoms with E-state index in [0.717, 1.165) is 11.1 Å². The maximum atomic E-state index is 12.6. The van der Waals surface area contributed by atoms with Crippen LogP contribution >= 0.6 is 11.3 Å². The number of aromatic nitrogens is 1. The van der Waals surface area contributed by atoms with Crippen molar-refractivity contribution in [3.63, 3.8) is 0 Å². The molecule has 4 rings (SSSR count). The minimum absolute atomic E-state index is 0.293. The number of nitrogens with one attached hydrogen (secondary N) is 3. The second kappa shape index (κ2) is 10.2. The van der Waals surface area contributed by atoms with E-state index in [2.05, 4.69) is 20.3 Å². The van der Waals surface area contributed by atoms with Crippen LogP contribution in [-0.4, -0.2) is 27.3 Å². The maximum absolute atomic E-state index is 12.6. The summed E-state index contributed by atoms with van der Waals surface area (Å²) in [5.74, 6) is -0.617. The Morgan fingerprint density at radius 3 is 2.21 bits per heavy atom. The molecule has 0 aliphatic heterocycles. The molecular weight excluding hydrogens is 456 g/mol. The molecule has 2 heterocycles. The lowest BCUT2D eigenvalue weighted by molar-refractivity contribution is 0.102. The van der Waals surface area contributed by atoms with Crippen LogP contribution in [0.25, 0.3) is 11.1 Å². The molecule has 0 aliphatic rings. The Morgan fingerprint density at radius 2 is 1.48 bits per heavy atom. The first-order chi connectivity index (χ1) is 16.0. The molecule has 0 spiro atoms. The molecule has 0 saturated carbocycles. The summed E-state index contributed by atoms with van der Waals surface area (Å²) in [5.41, 5.74) is 4.32. The van der Waals surface area contributed by atoms with Gasteiger partial charge in [0.05, 0.1) is 10.4 Å². The van der Waals surface area contributed by atoms with Crippen molar-refractivity contribution in [2.75, 3.05) is 21.6 Å². The van der Waals surface area contributed by atoms with E-state index in [1.807, 2.05) is 36.4 Å². The molecule has 4 aromatic rings. The fourth-order valence-corrected chi connectivity index (χ4v) is 4.33. The van der Waals surface area contributed by atoms with Crippen LogP contribution in [0.2, 0.25) is 0 Å². The van der Waals surface area contributed by atoms with Gasteiger partial charge in [-0.15, -0.1) is 11.3 Å². The van der Waals surface area contributed by atoms with Crippen LogP contribution in [0.4, 0.5) is 17.1 Å². The summed E-state index contributed by atoms with van der Waals surface area (Å²) in [7, 11) is -1.21. The number of amides is 2. The van der Waals surface area contributed by atoms with Gasteiger partial charge in [0.1, 0.15) is 11.0 Å². The zero-order chi connectivity index (χ0) is 23.2. The molecule has 2 aromatic heterocycles. The third-order valence-electron chi connectivity index (χ3n) is 4.62. The topological polar surface area (TPSA) is 100 Å². The van der Waals surface area contributed by atoms with Gasteiger partial charge >= 0.3 is 0 Å². The van der Waals surface area contributed by atoms with Crippen molar-refractivity contribution in [1.82, 2.24) is 4.98 Å². The van der Waals surface area contributed by atoms with Crippen molar-refractivity contribution in [3.05, 3.63) is 94.9 Å². The van der Waals surface area contributed by atoms with Crippen LogP contribution in [0.5, 0.6) is 0 Å². The zero-order valence-corrected chi connectivity index (χ0v) is 19.2. The fourth-order valence-electron chi connectivity index (χ4n) is 3.09. The van der Waals surface area contributed by atoms with Crippen LogP contribution in [0.1, 0.15) is 20.0 Å². The van der Waals surface area contributed by atoms with Gasteiger partial charge in [-0.05, 0) is 59.7 Å². The predicted octanol–water partition coefficient (Wildman–Crippen LogP) is 5.02. The van der Waals surface area contributed by atoms with Crippen LogP contribution in [0.3, 0.4) is 0 Å². The van der Waals surface area contributed by atoms with E-state index in [9.17, 15) is 13.8 Å². The van der Waals surface area contributed by atoms with Gasteiger partial charge in [0.15, 0.2) is 0 Å². The molecule has 0 radical (unpaired) electrons. The first kappa shape index (κ1) is 22.4. The molecule has 7 nitrogen and oxygen atoms in total. The lowest BCUT2D eigenvalue weighted by Crippen LogP contribution is -2.12. The summed E-state index contributed by atoms with van der Waals surface area (Å²) >= 11 is 1.19. The Morgan fingerprint density at radius 1 is 0.818 bits per heavy atom. The van der Waals surface area contributed by atoms with Gasteiger partial charge in [0.2, 0.25) is 0 Å². The summed E-state index contributed by atoms with van der Waals surface area (Å²) in [5, 5.41) is 7.29. The minimum atomic E-state index is -1.21. The molecule has 3 N–H and O–H groups in total. The van der Waals surface area contributed by atoms with Crippen molar-refractivity contribution < 1.29 is 13.8 Å². The highest BCUT2D eigenvalue weighted by molar-refractivity contribution is 7.85. The lowest BCUT2D eigenvalue weighted by Gasteiger charge is -2.07. The molecule has 1 atom stereocenters. The van der Waals surface area contributed by atoms with Gasteiger partial charge in [-0.25, -0.2) is 4.21 Å². The monoisotopic (exact) mass is 476 g/mol. The Balaban J connectivity index is 1.39. The van der Waals surface area contributed by atoms with Crippen molar-refractivity contribution in [2.24, 2.45) is 0 Å². The van der Waals surface area contributed by atoms with E-state index in [1.165, 1.54) is 17.6 Å². The summed E-state index contributed by atoms with van der Waals surface area (Å²) < 4.78 is 14.1. The molecule has 33 heavy (non-hydrogen) atoms. The normalized spacial score (nSPS) is 11.4. The Kier molecular flexibility index (Phi) is 6.92. The number of anilines is 3. The summed E-state index contributed by atoms with van der Waals surface area (Å²) in [6, 6.07) is 19.8. The van der Waals surface area contributed by atoms with E-state index >= 15 is 0 Å². The van der Waals surface area contributed by atoms with Gasteiger partial charge in [-0.2, -0.15) is 0 Å². The van der Waals surface area contributed by atoms with Gasteiger partial charge in [-0.3, -0.25) is 14.6 Å². The number of nitrogens with zero attached hydrogens (tertiary/aromatic N) is 1. The van der Waals surface area contributed by atoms with Gasteiger partial charge in [0, 0.05) is 41.1 Å². The molecule has 2 amide bonds.